The Bertz CT molecular complexity index is 425. The lowest BCUT2D eigenvalue weighted by atomic mass is 10.1. The summed E-state index contributed by atoms with van der Waals surface area (Å²) in [5, 5.41) is 2.92. The Morgan fingerprint density at radius 1 is 1.20 bits per heavy atom. The molecule has 1 atom stereocenters. The van der Waals surface area contributed by atoms with Gasteiger partial charge in [0.15, 0.2) is 0 Å². The first-order valence-electron chi connectivity index (χ1n) is 7.56. The molecule has 0 bridgehead atoms. The van der Waals surface area contributed by atoms with Crippen LogP contribution in [0.15, 0.2) is 12.1 Å². The van der Waals surface area contributed by atoms with Gasteiger partial charge in [-0.3, -0.25) is 0 Å². The molecule has 1 unspecified atom stereocenters. The van der Waals surface area contributed by atoms with Gasteiger partial charge in [0.05, 0.1) is 0 Å². The average Bonchev–Trinajstić information content (AvgIpc) is 2.63. The molecule has 1 aromatic carbocycles. The van der Waals surface area contributed by atoms with Crippen molar-refractivity contribution in [2.75, 3.05) is 18.5 Å². The summed E-state index contributed by atoms with van der Waals surface area (Å²) >= 11 is 0. The van der Waals surface area contributed by atoms with Crippen molar-refractivity contribution >= 4 is 5.69 Å². The SMILES string of the molecule is CCC1CCCCCN1c1c(F)cc(CNC)cc1F. The number of nitrogens with zero attached hydrogens (tertiary/aromatic N) is 1. The maximum Gasteiger partial charge on any atom is 0.149 e. The molecule has 0 radical (unpaired) electrons. The lowest BCUT2D eigenvalue weighted by molar-refractivity contribution is 0.516. The van der Waals surface area contributed by atoms with E-state index in [0.717, 1.165) is 38.6 Å². The van der Waals surface area contributed by atoms with Crippen LogP contribution < -0.4 is 10.2 Å². The maximum atomic E-state index is 14.4. The van der Waals surface area contributed by atoms with Crippen LogP contribution in [0.4, 0.5) is 14.5 Å². The molecule has 1 heterocycles. The fourth-order valence-electron chi connectivity index (χ4n) is 3.09. The number of nitrogens with one attached hydrogen (secondary N) is 1. The number of rotatable bonds is 4. The van der Waals surface area contributed by atoms with Gasteiger partial charge >= 0.3 is 0 Å². The van der Waals surface area contributed by atoms with Crippen molar-refractivity contribution in [3.05, 3.63) is 29.3 Å². The van der Waals surface area contributed by atoms with Crippen molar-refractivity contribution in [2.45, 2.75) is 51.6 Å². The minimum atomic E-state index is -0.435. The molecule has 1 fully saturated rings. The van der Waals surface area contributed by atoms with E-state index in [2.05, 4.69) is 12.2 Å². The number of halogens is 2. The van der Waals surface area contributed by atoms with E-state index in [4.69, 9.17) is 0 Å². The number of hydrogen-bond acceptors (Lipinski definition) is 2. The summed E-state index contributed by atoms with van der Waals surface area (Å²) in [6.07, 6.45) is 5.25. The van der Waals surface area contributed by atoms with Crippen molar-refractivity contribution in [2.24, 2.45) is 0 Å². The van der Waals surface area contributed by atoms with E-state index in [1.807, 2.05) is 4.90 Å². The zero-order valence-electron chi connectivity index (χ0n) is 12.4. The van der Waals surface area contributed by atoms with Crippen molar-refractivity contribution in [3.8, 4) is 0 Å². The minimum Gasteiger partial charge on any atom is -0.364 e. The third-order valence-electron chi connectivity index (χ3n) is 4.09. The Labute approximate surface area is 120 Å². The van der Waals surface area contributed by atoms with Gasteiger partial charge in [-0.1, -0.05) is 19.8 Å². The number of anilines is 1. The summed E-state index contributed by atoms with van der Waals surface area (Å²) in [5.74, 6) is -0.869. The second-order valence-electron chi connectivity index (χ2n) is 5.54. The van der Waals surface area contributed by atoms with E-state index in [1.165, 1.54) is 12.1 Å². The van der Waals surface area contributed by atoms with Crippen LogP contribution in [-0.4, -0.2) is 19.6 Å². The summed E-state index contributed by atoms with van der Waals surface area (Å²) in [7, 11) is 1.77. The molecule has 0 aliphatic carbocycles. The Balaban J connectivity index is 2.34. The highest BCUT2D eigenvalue weighted by Crippen LogP contribution is 2.31. The molecule has 2 nitrogen and oxygen atoms in total. The van der Waals surface area contributed by atoms with Gasteiger partial charge in [-0.15, -0.1) is 0 Å². The van der Waals surface area contributed by atoms with Gasteiger partial charge in [-0.25, -0.2) is 8.78 Å². The van der Waals surface area contributed by atoms with Crippen LogP contribution in [-0.2, 0) is 6.54 Å². The standard InChI is InChI=1S/C16H24F2N2/c1-3-13-7-5-4-6-8-20(13)16-14(17)9-12(11-19-2)10-15(16)18/h9-10,13,19H,3-8,11H2,1-2H3. The molecule has 1 aromatic rings. The topological polar surface area (TPSA) is 15.3 Å². The molecule has 1 N–H and O–H groups in total. The number of hydrogen-bond donors (Lipinski definition) is 1. The summed E-state index contributed by atoms with van der Waals surface area (Å²) in [6.45, 7) is 3.32. The Hall–Kier alpha value is -1.16. The highest BCUT2D eigenvalue weighted by molar-refractivity contribution is 5.51. The molecule has 1 aliphatic heterocycles. The molecule has 20 heavy (non-hydrogen) atoms. The summed E-state index contributed by atoms with van der Waals surface area (Å²) in [4.78, 5) is 1.95. The van der Waals surface area contributed by atoms with Gasteiger partial charge in [0.2, 0.25) is 0 Å². The van der Waals surface area contributed by atoms with Gasteiger partial charge in [0.1, 0.15) is 17.3 Å². The molecular weight excluding hydrogens is 258 g/mol. The highest BCUT2D eigenvalue weighted by Gasteiger charge is 2.25. The van der Waals surface area contributed by atoms with Crippen LogP contribution in [0.1, 0.15) is 44.6 Å². The maximum absolute atomic E-state index is 14.4. The summed E-state index contributed by atoms with van der Waals surface area (Å²) in [5.41, 5.74) is 0.813. The molecule has 0 amide bonds. The van der Waals surface area contributed by atoms with E-state index in [9.17, 15) is 8.78 Å². The average molecular weight is 282 g/mol. The fourth-order valence-corrected chi connectivity index (χ4v) is 3.09. The summed E-state index contributed by atoms with van der Waals surface area (Å²) in [6, 6.07) is 3.15. The first kappa shape index (κ1) is 15.2. The largest absolute Gasteiger partial charge is 0.364 e. The molecular formula is C16H24F2N2. The van der Waals surface area contributed by atoms with Crippen molar-refractivity contribution < 1.29 is 8.78 Å². The third kappa shape index (κ3) is 3.29. The van der Waals surface area contributed by atoms with Gasteiger partial charge in [0.25, 0.3) is 0 Å². The predicted molar refractivity (Wildman–Crippen MR) is 79.0 cm³/mol. The zero-order chi connectivity index (χ0) is 14.5. The zero-order valence-corrected chi connectivity index (χ0v) is 12.4. The van der Waals surface area contributed by atoms with E-state index < -0.39 is 11.6 Å². The van der Waals surface area contributed by atoms with Crippen LogP contribution in [0.3, 0.4) is 0 Å². The van der Waals surface area contributed by atoms with Crippen LogP contribution in [0.5, 0.6) is 0 Å². The van der Waals surface area contributed by atoms with E-state index in [1.54, 1.807) is 7.05 Å². The van der Waals surface area contributed by atoms with Crippen LogP contribution >= 0.6 is 0 Å². The highest BCUT2D eigenvalue weighted by atomic mass is 19.1. The molecule has 0 saturated carbocycles. The first-order chi connectivity index (χ1) is 9.67. The first-order valence-corrected chi connectivity index (χ1v) is 7.56. The summed E-state index contributed by atoms with van der Waals surface area (Å²) < 4.78 is 28.7. The van der Waals surface area contributed by atoms with E-state index in [-0.39, 0.29) is 11.7 Å². The third-order valence-corrected chi connectivity index (χ3v) is 4.09. The van der Waals surface area contributed by atoms with Crippen LogP contribution in [0.25, 0.3) is 0 Å². The predicted octanol–water partition coefficient (Wildman–Crippen LogP) is 3.84. The smallest absolute Gasteiger partial charge is 0.149 e. The Kier molecular flexibility index (Phi) is 5.35. The molecule has 0 aromatic heterocycles. The Morgan fingerprint density at radius 2 is 1.90 bits per heavy atom. The van der Waals surface area contributed by atoms with Crippen molar-refractivity contribution in [1.82, 2.24) is 5.32 Å². The lowest BCUT2D eigenvalue weighted by Crippen LogP contribution is -2.35. The molecule has 4 heteroatoms. The minimum absolute atomic E-state index is 0.165. The molecule has 1 aliphatic rings. The second-order valence-corrected chi connectivity index (χ2v) is 5.54. The van der Waals surface area contributed by atoms with Gasteiger partial charge in [-0.2, -0.15) is 0 Å². The quantitative estimate of drug-likeness (QED) is 0.902. The normalized spacial score (nSPS) is 20.0. The fraction of sp³-hybridized carbons (Fsp3) is 0.625. The van der Waals surface area contributed by atoms with Crippen LogP contribution in [0.2, 0.25) is 0 Å². The van der Waals surface area contributed by atoms with E-state index >= 15 is 0 Å². The van der Waals surface area contributed by atoms with Gasteiger partial charge in [0, 0.05) is 19.1 Å². The van der Waals surface area contributed by atoms with E-state index in [0.29, 0.717) is 12.1 Å². The Morgan fingerprint density at radius 3 is 2.50 bits per heavy atom. The molecule has 112 valence electrons. The lowest BCUT2D eigenvalue weighted by Gasteiger charge is -2.32. The molecule has 1 saturated heterocycles. The molecule has 0 spiro atoms. The molecule has 2 rings (SSSR count). The van der Waals surface area contributed by atoms with Gasteiger partial charge < -0.3 is 10.2 Å². The number of benzene rings is 1. The van der Waals surface area contributed by atoms with Crippen LogP contribution in [0, 0.1) is 11.6 Å². The van der Waals surface area contributed by atoms with Crippen molar-refractivity contribution in [1.29, 1.82) is 0 Å². The van der Waals surface area contributed by atoms with Crippen molar-refractivity contribution in [3.63, 3.8) is 0 Å². The monoisotopic (exact) mass is 282 g/mol. The van der Waals surface area contributed by atoms with Gasteiger partial charge in [-0.05, 0) is 44.0 Å². The second kappa shape index (κ2) is 7.02.